The highest BCUT2D eigenvalue weighted by molar-refractivity contribution is 5.88. The van der Waals surface area contributed by atoms with Gasteiger partial charge in [0.2, 0.25) is 0 Å². The van der Waals surface area contributed by atoms with Crippen LogP contribution in [0.3, 0.4) is 0 Å². The van der Waals surface area contributed by atoms with Crippen LogP contribution >= 0.6 is 0 Å². The van der Waals surface area contributed by atoms with Gasteiger partial charge in [0.05, 0.1) is 11.4 Å². The Balaban J connectivity index is 1.90. The van der Waals surface area contributed by atoms with Crippen molar-refractivity contribution in [1.82, 2.24) is 14.4 Å². The minimum atomic E-state index is 0.522. The topological polar surface area (TPSA) is 57.3 Å². The van der Waals surface area contributed by atoms with Gasteiger partial charge in [-0.3, -0.25) is 4.40 Å². The molecule has 2 aromatic rings. The first-order valence-corrected chi connectivity index (χ1v) is 10.7. The predicted octanol–water partition coefficient (Wildman–Crippen LogP) is 5.38. The first kappa shape index (κ1) is 18.9. The Kier molecular flexibility index (Phi) is 5.60. The van der Waals surface area contributed by atoms with Crippen LogP contribution in [-0.2, 0) is 0 Å². The van der Waals surface area contributed by atoms with Crippen LogP contribution in [0.1, 0.15) is 76.1 Å². The molecule has 1 N–H and O–H groups in total. The van der Waals surface area contributed by atoms with Crippen LogP contribution in [0, 0.1) is 5.41 Å². The van der Waals surface area contributed by atoms with Gasteiger partial charge in [0.15, 0.2) is 11.5 Å². The van der Waals surface area contributed by atoms with Crippen LogP contribution in [0.4, 0.5) is 5.82 Å². The highest BCUT2D eigenvalue weighted by Gasteiger charge is 2.29. The van der Waals surface area contributed by atoms with E-state index in [0.29, 0.717) is 5.92 Å². The van der Waals surface area contributed by atoms with Gasteiger partial charge in [-0.25, -0.2) is 9.97 Å². The van der Waals surface area contributed by atoms with E-state index in [1.807, 2.05) is 18.5 Å². The maximum absolute atomic E-state index is 7.70. The Morgan fingerprint density at radius 1 is 1.21 bits per heavy atom. The minimum absolute atomic E-state index is 0.522. The van der Waals surface area contributed by atoms with Crippen molar-refractivity contribution in [3.8, 4) is 0 Å². The van der Waals surface area contributed by atoms with Crippen molar-refractivity contribution in [2.75, 3.05) is 18.0 Å². The van der Waals surface area contributed by atoms with E-state index in [0.717, 1.165) is 42.2 Å². The van der Waals surface area contributed by atoms with Gasteiger partial charge in [-0.15, -0.1) is 0 Å². The summed E-state index contributed by atoms with van der Waals surface area (Å²) in [6, 6.07) is 0. The average molecular weight is 378 g/mol. The maximum Gasteiger partial charge on any atom is 0.181 e. The van der Waals surface area contributed by atoms with E-state index in [1.165, 1.54) is 56.0 Å². The Bertz CT molecular complexity index is 910. The molecule has 2 aliphatic rings. The zero-order valence-corrected chi connectivity index (χ0v) is 17.1. The van der Waals surface area contributed by atoms with Gasteiger partial charge in [-0.2, -0.15) is 0 Å². The summed E-state index contributed by atoms with van der Waals surface area (Å²) in [4.78, 5) is 12.3. The van der Waals surface area contributed by atoms with Crippen molar-refractivity contribution in [3.63, 3.8) is 0 Å². The predicted molar refractivity (Wildman–Crippen MR) is 116 cm³/mol. The summed E-state index contributed by atoms with van der Waals surface area (Å²) in [5, 5.41) is 7.70. The molecule has 0 atom stereocenters. The molecule has 1 aliphatic carbocycles. The van der Waals surface area contributed by atoms with Crippen molar-refractivity contribution in [2.45, 2.75) is 64.7 Å². The fourth-order valence-corrected chi connectivity index (χ4v) is 4.22. The molecule has 0 radical (unpaired) electrons. The van der Waals surface area contributed by atoms with E-state index < -0.39 is 0 Å². The van der Waals surface area contributed by atoms with E-state index in [2.05, 4.69) is 29.2 Å². The zero-order chi connectivity index (χ0) is 19.5. The van der Waals surface area contributed by atoms with Gasteiger partial charge in [-0.1, -0.05) is 25.0 Å². The lowest BCUT2D eigenvalue weighted by molar-refractivity contribution is 0.412. The number of piperidine rings is 1. The molecule has 2 aromatic heterocycles. The van der Waals surface area contributed by atoms with Crippen molar-refractivity contribution < 1.29 is 0 Å². The highest BCUT2D eigenvalue weighted by Crippen LogP contribution is 2.41. The van der Waals surface area contributed by atoms with Crippen LogP contribution in [0.25, 0.3) is 11.2 Å². The number of aromatic nitrogens is 3. The molecule has 2 fully saturated rings. The Morgan fingerprint density at radius 2 is 2.00 bits per heavy atom. The lowest BCUT2D eigenvalue weighted by atomic mass is 9.81. The Hall–Kier alpha value is -2.43. The fraction of sp³-hybridized carbons (Fsp3) is 0.522. The number of anilines is 1. The first-order valence-electron chi connectivity index (χ1n) is 10.7. The number of nitrogens with zero attached hydrogens (tertiary/aromatic N) is 4. The van der Waals surface area contributed by atoms with Crippen LogP contribution in [0.15, 0.2) is 30.1 Å². The van der Waals surface area contributed by atoms with Crippen LogP contribution in [0.2, 0.25) is 0 Å². The van der Waals surface area contributed by atoms with Crippen LogP contribution in [0.5, 0.6) is 0 Å². The maximum atomic E-state index is 7.70. The number of hydrogen-bond acceptors (Lipinski definition) is 4. The molecule has 0 amide bonds. The first-order chi connectivity index (χ1) is 13.7. The summed E-state index contributed by atoms with van der Waals surface area (Å²) >= 11 is 0. The van der Waals surface area contributed by atoms with Crippen molar-refractivity contribution in [1.29, 1.82) is 5.41 Å². The quantitative estimate of drug-likeness (QED) is 0.543. The molecule has 1 saturated heterocycles. The zero-order valence-electron chi connectivity index (χ0n) is 17.1. The molecule has 5 heteroatoms. The molecule has 28 heavy (non-hydrogen) atoms. The van der Waals surface area contributed by atoms with Gasteiger partial charge in [0, 0.05) is 43.2 Å². The normalized spacial score (nSPS) is 19.1. The Labute approximate surface area is 167 Å². The molecule has 0 unspecified atom stereocenters. The summed E-state index contributed by atoms with van der Waals surface area (Å²) in [7, 11) is 0. The lowest BCUT2D eigenvalue weighted by Gasteiger charge is -2.27. The van der Waals surface area contributed by atoms with Gasteiger partial charge in [0.25, 0.3) is 0 Å². The summed E-state index contributed by atoms with van der Waals surface area (Å²) < 4.78 is 2.22. The van der Waals surface area contributed by atoms with Crippen LogP contribution in [-0.4, -0.2) is 33.7 Å². The average Bonchev–Trinajstić information content (AvgIpc) is 3.05. The lowest BCUT2D eigenvalue weighted by Crippen LogP contribution is -2.30. The number of imidazole rings is 1. The second-order valence-electron chi connectivity index (χ2n) is 8.10. The molecule has 0 aromatic carbocycles. The molecule has 5 nitrogen and oxygen atoms in total. The fourth-order valence-electron chi connectivity index (χ4n) is 4.22. The molecule has 4 rings (SSSR count). The third-order valence-electron chi connectivity index (χ3n) is 6.19. The number of nitrogens with one attached hydrogen (secondary N) is 1. The molecule has 0 bridgehead atoms. The largest absolute Gasteiger partial charge is 0.354 e. The molecule has 1 aliphatic heterocycles. The molecule has 148 valence electrons. The molecular formula is C23H31N5. The van der Waals surface area contributed by atoms with E-state index >= 15 is 0 Å². The van der Waals surface area contributed by atoms with Gasteiger partial charge >= 0.3 is 0 Å². The SMILES string of the molecule is CC/C(C)=C/C(=C\C=N)c1c(C2CCC2)nc2c(N3CCCCC3)nccn12. The minimum Gasteiger partial charge on any atom is -0.354 e. The molecule has 3 heterocycles. The number of fused-ring (bicyclic) bond motifs is 1. The smallest absolute Gasteiger partial charge is 0.181 e. The third kappa shape index (κ3) is 3.50. The second kappa shape index (κ2) is 8.29. The molecule has 0 spiro atoms. The van der Waals surface area contributed by atoms with E-state index in [1.54, 1.807) is 0 Å². The van der Waals surface area contributed by atoms with E-state index in [-0.39, 0.29) is 0 Å². The highest BCUT2D eigenvalue weighted by atomic mass is 15.2. The number of rotatable bonds is 6. The van der Waals surface area contributed by atoms with E-state index in [4.69, 9.17) is 15.4 Å². The van der Waals surface area contributed by atoms with Crippen molar-refractivity contribution in [2.24, 2.45) is 0 Å². The van der Waals surface area contributed by atoms with Gasteiger partial charge in [-0.05, 0) is 51.5 Å². The second-order valence-corrected chi connectivity index (χ2v) is 8.10. The summed E-state index contributed by atoms with van der Waals surface area (Å²) in [5.74, 6) is 1.54. The molecule has 1 saturated carbocycles. The number of hydrogen-bond donors (Lipinski definition) is 1. The third-order valence-corrected chi connectivity index (χ3v) is 6.19. The van der Waals surface area contributed by atoms with Crippen LogP contribution < -0.4 is 4.90 Å². The Morgan fingerprint density at radius 3 is 2.64 bits per heavy atom. The standard InChI is InChI=1S/C23H31N5/c1-3-17(2)16-19(10-11-24)21-20(18-8-7-9-18)26-23-22(25-12-15-28(21)23)27-13-5-4-6-14-27/h10-12,15-16,18,24H,3-9,13-14H2,1-2H3/b17-16+,19-10+,24-11?. The van der Waals surface area contributed by atoms with E-state index in [9.17, 15) is 0 Å². The van der Waals surface area contributed by atoms with Crippen molar-refractivity contribution >= 4 is 23.3 Å². The van der Waals surface area contributed by atoms with Gasteiger partial charge in [0.1, 0.15) is 0 Å². The monoisotopic (exact) mass is 377 g/mol. The summed E-state index contributed by atoms with van der Waals surface area (Å²) in [5.41, 5.74) is 5.70. The van der Waals surface area contributed by atoms with Crippen molar-refractivity contribution in [3.05, 3.63) is 41.5 Å². The molecular weight excluding hydrogens is 346 g/mol. The summed E-state index contributed by atoms with van der Waals surface area (Å²) in [6.45, 7) is 6.45. The number of allylic oxidation sites excluding steroid dienone is 4. The van der Waals surface area contributed by atoms with Gasteiger partial charge < -0.3 is 10.3 Å². The summed E-state index contributed by atoms with van der Waals surface area (Å²) in [6.07, 6.45) is 17.9.